The monoisotopic (exact) mass is 448 g/mol. The van der Waals surface area contributed by atoms with Gasteiger partial charge in [0.25, 0.3) is 11.8 Å². The van der Waals surface area contributed by atoms with Gasteiger partial charge in [-0.2, -0.15) is 5.10 Å². The van der Waals surface area contributed by atoms with Crippen LogP contribution in [0.2, 0.25) is 5.02 Å². The molecular weight excluding hydrogens is 427 g/mol. The predicted molar refractivity (Wildman–Crippen MR) is 109 cm³/mol. The first kappa shape index (κ1) is 21.5. The van der Waals surface area contributed by atoms with E-state index in [1.165, 1.54) is 18.3 Å². The van der Waals surface area contributed by atoms with Gasteiger partial charge in [0, 0.05) is 17.8 Å². The van der Waals surface area contributed by atoms with Crippen molar-refractivity contribution in [2.24, 2.45) is 0 Å². The Bertz CT molecular complexity index is 983. The lowest BCUT2D eigenvalue weighted by molar-refractivity contribution is -0.129. The van der Waals surface area contributed by atoms with E-state index in [2.05, 4.69) is 20.8 Å². The maximum Gasteiger partial charge on any atom is 0.272 e. The van der Waals surface area contributed by atoms with E-state index in [0.717, 1.165) is 6.07 Å². The van der Waals surface area contributed by atoms with Gasteiger partial charge in [0.2, 0.25) is 0 Å². The molecule has 2 amide bonds. The van der Waals surface area contributed by atoms with E-state index in [4.69, 9.17) is 16.3 Å². The molecule has 3 saturated carbocycles. The number of nitrogens with one attached hydrogen (secondary N) is 2. The summed E-state index contributed by atoms with van der Waals surface area (Å²) in [5.41, 5.74) is -1.13. The van der Waals surface area contributed by atoms with Crippen LogP contribution in [-0.2, 0) is 4.79 Å². The molecule has 1 atom stereocenters. The van der Waals surface area contributed by atoms with Crippen LogP contribution >= 0.6 is 11.6 Å². The average molecular weight is 449 g/mol. The molecule has 1 heterocycles. The zero-order chi connectivity index (χ0) is 22.1. The molecule has 2 bridgehead atoms. The Morgan fingerprint density at radius 1 is 1.23 bits per heavy atom. The molecule has 164 valence electrons. The zero-order valence-electron chi connectivity index (χ0n) is 16.6. The van der Waals surface area contributed by atoms with Gasteiger partial charge in [-0.05, 0) is 56.4 Å². The van der Waals surface area contributed by atoms with Gasteiger partial charge >= 0.3 is 0 Å². The number of aliphatic hydroxyl groups is 1. The number of amides is 2. The molecule has 3 fully saturated rings. The maximum atomic E-state index is 13.5. The number of fused-ring (bicyclic) bond motifs is 3. The number of carbonyl (C=O) groups excluding carboxylic acids is 2. The first-order valence-electron chi connectivity index (χ1n) is 9.98. The largest absolute Gasteiger partial charge is 0.484 e. The minimum Gasteiger partial charge on any atom is -0.484 e. The van der Waals surface area contributed by atoms with Gasteiger partial charge < -0.3 is 20.5 Å². The van der Waals surface area contributed by atoms with Crippen LogP contribution in [0.1, 0.15) is 42.6 Å². The van der Waals surface area contributed by atoms with Crippen molar-refractivity contribution in [3.63, 3.8) is 0 Å². The van der Waals surface area contributed by atoms with Crippen molar-refractivity contribution >= 4 is 23.4 Å². The summed E-state index contributed by atoms with van der Waals surface area (Å²) in [5.74, 6) is -1.16. The van der Waals surface area contributed by atoms with Gasteiger partial charge in [0.05, 0.1) is 16.7 Å². The highest BCUT2D eigenvalue weighted by Gasteiger charge is 2.55. The Kier molecular flexibility index (Phi) is 5.81. The Hall–Kier alpha value is -2.78. The average Bonchev–Trinajstić information content (AvgIpc) is 2.76. The van der Waals surface area contributed by atoms with Gasteiger partial charge in [0.15, 0.2) is 12.3 Å². The lowest BCUT2D eigenvalue weighted by atomic mass is 9.60. The molecule has 10 heteroatoms. The molecule has 0 radical (unpaired) electrons. The fourth-order valence-corrected chi connectivity index (χ4v) is 4.54. The van der Waals surface area contributed by atoms with Gasteiger partial charge in [-0.25, -0.2) is 4.39 Å². The standard InChI is InChI=1S/C21H22ClFN4O4/c22-14-4-3-13(10-15(14)23)31-12-18(29)25-20-5-7-21(8-6-20,17(28)11-20)26-19(30)16-2-1-9-24-27-16/h1-4,9-10,17,28H,5-8,11-12H2,(H,25,29)(H,26,30). The van der Waals surface area contributed by atoms with Crippen molar-refractivity contribution in [2.75, 3.05) is 6.61 Å². The predicted octanol–water partition coefficient (Wildman–Crippen LogP) is 2.01. The molecule has 3 N–H and O–H groups in total. The third-order valence-corrected chi connectivity index (χ3v) is 6.46. The Morgan fingerprint density at radius 3 is 2.65 bits per heavy atom. The minimum atomic E-state index is -0.817. The lowest BCUT2D eigenvalue weighted by Gasteiger charge is -2.56. The highest BCUT2D eigenvalue weighted by atomic mass is 35.5. The molecule has 3 aliphatic carbocycles. The summed E-state index contributed by atoms with van der Waals surface area (Å²) in [6.45, 7) is -0.284. The van der Waals surface area contributed by atoms with E-state index < -0.39 is 23.0 Å². The topological polar surface area (TPSA) is 113 Å². The molecule has 5 rings (SSSR count). The molecule has 1 unspecified atom stereocenters. The van der Waals surface area contributed by atoms with E-state index in [1.807, 2.05) is 0 Å². The quantitative estimate of drug-likeness (QED) is 0.623. The second kappa shape index (κ2) is 8.39. The summed E-state index contributed by atoms with van der Waals surface area (Å²) >= 11 is 5.64. The number of benzene rings is 1. The van der Waals surface area contributed by atoms with Crippen LogP contribution in [0.4, 0.5) is 4.39 Å². The number of nitrogens with zero attached hydrogens (tertiary/aromatic N) is 2. The van der Waals surface area contributed by atoms with Crippen molar-refractivity contribution < 1.29 is 23.8 Å². The van der Waals surface area contributed by atoms with Crippen LogP contribution in [0.25, 0.3) is 0 Å². The van der Waals surface area contributed by atoms with Gasteiger partial charge in [-0.15, -0.1) is 5.10 Å². The maximum absolute atomic E-state index is 13.5. The molecule has 0 spiro atoms. The summed E-state index contributed by atoms with van der Waals surface area (Å²) < 4.78 is 18.9. The first-order valence-corrected chi connectivity index (χ1v) is 10.4. The first-order chi connectivity index (χ1) is 14.8. The Balaban J connectivity index is 1.34. The van der Waals surface area contributed by atoms with Crippen molar-refractivity contribution in [1.82, 2.24) is 20.8 Å². The second-order valence-corrected chi connectivity index (χ2v) is 8.54. The number of rotatable bonds is 6. The molecule has 2 aromatic rings. The molecule has 0 aliphatic heterocycles. The highest BCUT2D eigenvalue weighted by Crippen LogP contribution is 2.47. The summed E-state index contributed by atoms with van der Waals surface area (Å²) in [5, 5.41) is 24.2. The third kappa shape index (κ3) is 4.47. The van der Waals surface area contributed by atoms with Crippen molar-refractivity contribution in [3.8, 4) is 5.75 Å². The SMILES string of the molecule is O=C(COc1ccc(Cl)c(F)c1)NC12CCC(NC(=O)c3cccnn3)(CC1)C(O)C2. The highest BCUT2D eigenvalue weighted by molar-refractivity contribution is 6.30. The number of ether oxygens (including phenoxy) is 1. The van der Waals surface area contributed by atoms with Crippen LogP contribution in [0.5, 0.6) is 5.75 Å². The van der Waals surface area contributed by atoms with Gasteiger partial charge in [-0.1, -0.05) is 11.6 Å². The molecule has 8 nitrogen and oxygen atoms in total. The molecule has 3 aliphatic rings. The summed E-state index contributed by atoms with van der Waals surface area (Å²) in [6.07, 6.45) is 3.22. The fourth-order valence-electron chi connectivity index (χ4n) is 4.42. The van der Waals surface area contributed by atoms with Crippen LogP contribution in [0, 0.1) is 5.82 Å². The second-order valence-electron chi connectivity index (χ2n) is 8.13. The van der Waals surface area contributed by atoms with Crippen molar-refractivity contribution in [2.45, 2.75) is 49.3 Å². The third-order valence-electron chi connectivity index (χ3n) is 6.15. The van der Waals surface area contributed by atoms with Crippen molar-refractivity contribution in [1.29, 1.82) is 0 Å². The summed E-state index contributed by atoms with van der Waals surface area (Å²) in [4.78, 5) is 25.0. The van der Waals surface area contributed by atoms with Crippen LogP contribution in [0.15, 0.2) is 36.5 Å². The Morgan fingerprint density at radius 2 is 2.00 bits per heavy atom. The van der Waals surface area contributed by atoms with E-state index in [1.54, 1.807) is 12.1 Å². The van der Waals surface area contributed by atoms with E-state index in [0.29, 0.717) is 32.1 Å². The smallest absolute Gasteiger partial charge is 0.272 e. The Labute approximate surface area is 183 Å². The van der Waals surface area contributed by atoms with Crippen LogP contribution in [0.3, 0.4) is 0 Å². The number of aromatic nitrogens is 2. The number of halogens is 2. The molecule has 1 aromatic heterocycles. The number of carbonyl (C=O) groups is 2. The molecular formula is C21H22ClFN4O4. The van der Waals surface area contributed by atoms with E-state index in [9.17, 15) is 19.1 Å². The van der Waals surface area contributed by atoms with E-state index >= 15 is 0 Å². The number of hydrogen-bond acceptors (Lipinski definition) is 6. The number of aliphatic hydroxyl groups excluding tert-OH is 1. The van der Waals surface area contributed by atoms with E-state index in [-0.39, 0.29) is 34.9 Å². The molecule has 31 heavy (non-hydrogen) atoms. The summed E-state index contributed by atoms with van der Waals surface area (Å²) in [6, 6.07) is 7.15. The summed E-state index contributed by atoms with van der Waals surface area (Å²) in [7, 11) is 0. The zero-order valence-corrected chi connectivity index (χ0v) is 17.4. The normalized spacial score (nSPS) is 26.9. The number of hydrogen-bond donors (Lipinski definition) is 3. The lowest BCUT2D eigenvalue weighted by Crippen LogP contribution is -2.70. The van der Waals surface area contributed by atoms with Gasteiger partial charge in [0.1, 0.15) is 11.6 Å². The molecule has 1 aromatic carbocycles. The fraction of sp³-hybridized carbons (Fsp3) is 0.429. The van der Waals surface area contributed by atoms with Crippen LogP contribution in [-0.4, -0.2) is 50.9 Å². The van der Waals surface area contributed by atoms with Gasteiger partial charge in [-0.3, -0.25) is 9.59 Å². The van der Waals surface area contributed by atoms with Crippen LogP contribution < -0.4 is 15.4 Å². The molecule has 0 saturated heterocycles. The van der Waals surface area contributed by atoms with Crippen molar-refractivity contribution in [3.05, 3.63) is 53.1 Å². The minimum absolute atomic E-state index is 0.0241.